The van der Waals surface area contributed by atoms with E-state index in [0.29, 0.717) is 5.57 Å². The minimum Gasteiger partial charge on any atom is -0.497 e. The molecular formula is C22H28O5. The summed E-state index contributed by atoms with van der Waals surface area (Å²) in [4.78, 5) is 24.5. The van der Waals surface area contributed by atoms with Crippen LogP contribution in [0.5, 0.6) is 5.75 Å². The van der Waals surface area contributed by atoms with Crippen molar-refractivity contribution in [3.8, 4) is 5.75 Å². The molecule has 27 heavy (non-hydrogen) atoms. The number of rotatable bonds is 9. The first-order valence-corrected chi connectivity index (χ1v) is 9.91. The fraction of sp³-hybridized carbons (Fsp3) is 0.545. The van der Waals surface area contributed by atoms with Crippen molar-refractivity contribution in [3.05, 3.63) is 35.4 Å². The molecule has 2 heterocycles. The Labute approximate surface area is 160 Å². The number of ether oxygens (including phenoxy) is 3. The van der Waals surface area contributed by atoms with Gasteiger partial charge in [-0.15, -0.1) is 0 Å². The van der Waals surface area contributed by atoms with Crippen LogP contribution in [0, 0.1) is 5.92 Å². The van der Waals surface area contributed by atoms with E-state index < -0.39 is 18.0 Å². The summed E-state index contributed by atoms with van der Waals surface area (Å²) in [5.74, 6) is -0.433. The van der Waals surface area contributed by atoms with Crippen molar-refractivity contribution in [2.24, 2.45) is 5.92 Å². The van der Waals surface area contributed by atoms with Crippen molar-refractivity contribution < 1.29 is 23.8 Å². The smallest absolute Gasteiger partial charge is 0.348 e. The van der Waals surface area contributed by atoms with Gasteiger partial charge in [-0.25, -0.2) is 9.59 Å². The highest BCUT2D eigenvalue weighted by atomic mass is 16.6. The third-order valence-corrected chi connectivity index (χ3v) is 5.31. The Morgan fingerprint density at radius 3 is 2.63 bits per heavy atom. The highest BCUT2D eigenvalue weighted by molar-refractivity contribution is 6.01. The number of unbranched alkanes of at least 4 members (excludes halogenated alkanes) is 5. The second kappa shape index (κ2) is 9.07. The molecule has 1 aromatic carbocycles. The molecule has 0 radical (unpaired) electrons. The Hall–Kier alpha value is -2.30. The van der Waals surface area contributed by atoms with E-state index in [1.54, 1.807) is 13.2 Å². The van der Waals surface area contributed by atoms with Crippen molar-refractivity contribution >= 4 is 18.0 Å². The van der Waals surface area contributed by atoms with Crippen molar-refractivity contribution in [1.29, 1.82) is 0 Å². The van der Waals surface area contributed by atoms with Crippen LogP contribution in [-0.4, -0.2) is 31.3 Å². The third kappa shape index (κ3) is 4.52. The Morgan fingerprint density at radius 2 is 1.85 bits per heavy atom. The first-order valence-electron chi connectivity index (χ1n) is 9.91. The first kappa shape index (κ1) is 19.5. The second-order valence-electron chi connectivity index (χ2n) is 7.26. The number of cyclic esters (lactones) is 1. The molecule has 5 nitrogen and oxygen atoms in total. The number of carbonyl (C=O) groups is 2. The molecule has 146 valence electrons. The molecule has 0 N–H and O–H groups in total. The molecule has 2 saturated heterocycles. The van der Waals surface area contributed by atoms with Crippen molar-refractivity contribution in [2.45, 2.75) is 64.1 Å². The molecule has 0 saturated carbocycles. The van der Waals surface area contributed by atoms with Crippen molar-refractivity contribution in [1.82, 2.24) is 0 Å². The van der Waals surface area contributed by atoms with E-state index in [4.69, 9.17) is 14.2 Å². The normalized spacial score (nSPS) is 25.4. The van der Waals surface area contributed by atoms with Gasteiger partial charge in [0.05, 0.1) is 13.0 Å². The van der Waals surface area contributed by atoms with Gasteiger partial charge in [-0.1, -0.05) is 51.2 Å². The maximum absolute atomic E-state index is 12.4. The van der Waals surface area contributed by atoms with E-state index >= 15 is 0 Å². The fourth-order valence-electron chi connectivity index (χ4n) is 3.87. The zero-order chi connectivity index (χ0) is 19.2. The number of methoxy groups -OCH3 is 1. The van der Waals surface area contributed by atoms with E-state index in [-0.39, 0.29) is 12.0 Å². The van der Waals surface area contributed by atoms with Crippen LogP contribution in [-0.2, 0) is 19.1 Å². The molecule has 3 atom stereocenters. The number of fused-ring (bicyclic) bond motifs is 1. The average molecular weight is 372 g/mol. The van der Waals surface area contributed by atoms with Gasteiger partial charge in [0.25, 0.3) is 0 Å². The fourth-order valence-corrected chi connectivity index (χ4v) is 3.87. The van der Waals surface area contributed by atoms with Crippen LogP contribution in [0.1, 0.15) is 57.4 Å². The van der Waals surface area contributed by atoms with Gasteiger partial charge in [0.2, 0.25) is 6.10 Å². The molecule has 5 heteroatoms. The minimum atomic E-state index is -0.792. The van der Waals surface area contributed by atoms with Gasteiger partial charge < -0.3 is 14.2 Å². The number of esters is 2. The van der Waals surface area contributed by atoms with E-state index in [9.17, 15) is 9.59 Å². The van der Waals surface area contributed by atoms with E-state index in [2.05, 4.69) is 6.92 Å². The molecule has 3 rings (SSSR count). The highest BCUT2D eigenvalue weighted by Crippen LogP contribution is 2.41. The molecule has 0 amide bonds. The van der Waals surface area contributed by atoms with E-state index in [1.807, 2.05) is 24.3 Å². The molecule has 2 aliphatic rings. The SMILES string of the molecule is CCCCCCCC[C@H]1OC(=O)[C@@H]2OC(=O)/C(=C\c3cccc(OC)c3)[C@H]12. The van der Waals surface area contributed by atoms with Crippen molar-refractivity contribution in [2.75, 3.05) is 7.11 Å². The third-order valence-electron chi connectivity index (χ3n) is 5.31. The summed E-state index contributed by atoms with van der Waals surface area (Å²) in [5, 5.41) is 0. The van der Waals surface area contributed by atoms with Gasteiger partial charge in [0.15, 0.2) is 0 Å². The highest BCUT2D eigenvalue weighted by Gasteiger charge is 2.55. The largest absolute Gasteiger partial charge is 0.497 e. The average Bonchev–Trinajstić information content (AvgIpc) is 3.15. The quantitative estimate of drug-likeness (QED) is 0.367. The minimum absolute atomic E-state index is 0.281. The van der Waals surface area contributed by atoms with Crippen LogP contribution >= 0.6 is 0 Å². The maximum Gasteiger partial charge on any atom is 0.348 e. The number of benzene rings is 1. The van der Waals surface area contributed by atoms with Crippen LogP contribution in [0.3, 0.4) is 0 Å². The predicted octanol–water partition coefficient (Wildman–Crippen LogP) is 4.30. The summed E-state index contributed by atoms with van der Waals surface area (Å²) in [6.45, 7) is 2.20. The number of hydrogen-bond donors (Lipinski definition) is 0. The van der Waals surface area contributed by atoms with Gasteiger partial charge in [0.1, 0.15) is 11.9 Å². The molecule has 0 aromatic heterocycles. The first-order chi connectivity index (χ1) is 13.1. The lowest BCUT2D eigenvalue weighted by Gasteiger charge is -2.15. The molecule has 2 fully saturated rings. The zero-order valence-corrected chi connectivity index (χ0v) is 16.1. The van der Waals surface area contributed by atoms with Gasteiger partial charge >= 0.3 is 11.9 Å². The predicted molar refractivity (Wildman–Crippen MR) is 102 cm³/mol. The monoisotopic (exact) mass is 372 g/mol. The van der Waals surface area contributed by atoms with Crippen molar-refractivity contribution in [3.63, 3.8) is 0 Å². The van der Waals surface area contributed by atoms with E-state index in [0.717, 1.165) is 30.6 Å². The Kier molecular flexibility index (Phi) is 6.54. The molecule has 1 aromatic rings. The maximum atomic E-state index is 12.4. The zero-order valence-electron chi connectivity index (χ0n) is 16.1. The number of carbonyl (C=O) groups excluding carboxylic acids is 2. The van der Waals surface area contributed by atoms with Gasteiger partial charge in [0, 0.05) is 5.57 Å². The topological polar surface area (TPSA) is 61.8 Å². The van der Waals surface area contributed by atoms with Gasteiger partial charge in [-0.05, 0) is 36.6 Å². The second-order valence-corrected chi connectivity index (χ2v) is 7.26. The molecule has 0 bridgehead atoms. The standard InChI is InChI=1S/C22H28O5/c1-3-4-5-6-7-8-12-18-19-17(21(23)27-20(19)22(24)26-18)14-15-10-9-11-16(13-15)25-2/h9-11,13-14,18-20H,3-8,12H2,1-2H3/b17-14-/t18-,19-,20-/m1/s1. The van der Waals surface area contributed by atoms with E-state index in [1.165, 1.54) is 25.7 Å². The summed E-state index contributed by atoms with van der Waals surface area (Å²) < 4.78 is 16.1. The summed E-state index contributed by atoms with van der Waals surface area (Å²) in [6.07, 6.45) is 8.54. The Balaban J connectivity index is 1.70. The summed E-state index contributed by atoms with van der Waals surface area (Å²) >= 11 is 0. The van der Waals surface area contributed by atoms with Crippen LogP contribution < -0.4 is 4.74 Å². The number of hydrogen-bond acceptors (Lipinski definition) is 5. The van der Waals surface area contributed by atoms with Crippen LogP contribution in [0.2, 0.25) is 0 Å². The molecule has 0 aliphatic carbocycles. The van der Waals surface area contributed by atoms with Crippen LogP contribution in [0.15, 0.2) is 29.8 Å². The van der Waals surface area contributed by atoms with Crippen LogP contribution in [0.25, 0.3) is 6.08 Å². The molecule has 0 spiro atoms. The Morgan fingerprint density at radius 1 is 1.07 bits per heavy atom. The lowest BCUT2D eigenvalue weighted by Crippen LogP contribution is -2.22. The lowest BCUT2D eigenvalue weighted by molar-refractivity contribution is -0.156. The summed E-state index contributed by atoms with van der Waals surface area (Å²) in [5.41, 5.74) is 1.37. The lowest BCUT2D eigenvalue weighted by atomic mass is 9.88. The van der Waals surface area contributed by atoms with Crippen LogP contribution in [0.4, 0.5) is 0 Å². The summed E-state index contributed by atoms with van der Waals surface area (Å²) in [7, 11) is 1.60. The molecule has 0 unspecified atom stereocenters. The Bertz CT molecular complexity index is 708. The summed E-state index contributed by atoms with van der Waals surface area (Å²) in [6, 6.07) is 7.47. The molecule has 2 aliphatic heterocycles. The molecular weight excluding hydrogens is 344 g/mol. The van der Waals surface area contributed by atoms with Gasteiger partial charge in [-0.2, -0.15) is 0 Å². The van der Waals surface area contributed by atoms with Gasteiger partial charge in [-0.3, -0.25) is 0 Å².